The summed E-state index contributed by atoms with van der Waals surface area (Å²) in [6.45, 7) is 2.33. The van der Waals surface area contributed by atoms with Gasteiger partial charge in [0.15, 0.2) is 0 Å². The maximum Gasteiger partial charge on any atom is 0.243 e. The SMILES string of the molecule is CC(=O)Nc1ccc(S(=O)(=O)N2CCSC(c3ccco3)CC2)cc1. The zero-order valence-corrected chi connectivity index (χ0v) is 15.5. The number of rotatable bonds is 4. The number of hydrogen-bond donors (Lipinski definition) is 1. The molecule has 1 aliphatic rings. The van der Waals surface area contributed by atoms with E-state index in [9.17, 15) is 13.2 Å². The van der Waals surface area contributed by atoms with Gasteiger partial charge in [-0.1, -0.05) is 0 Å². The molecule has 0 bridgehead atoms. The minimum absolute atomic E-state index is 0.178. The summed E-state index contributed by atoms with van der Waals surface area (Å²) in [5.74, 6) is 1.42. The predicted molar refractivity (Wildman–Crippen MR) is 98.0 cm³/mol. The Kier molecular flexibility index (Phi) is 5.51. The van der Waals surface area contributed by atoms with Crippen LogP contribution in [0.4, 0.5) is 5.69 Å². The highest BCUT2D eigenvalue weighted by molar-refractivity contribution is 7.99. The number of nitrogens with zero attached hydrogens (tertiary/aromatic N) is 1. The lowest BCUT2D eigenvalue weighted by molar-refractivity contribution is -0.114. The van der Waals surface area contributed by atoms with Crippen molar-refractivity contribution in [3.63, 3.8) is 0 Å². The molecule has 134 valence electrons. The second-order valence-corrected chi connectivity index (χ2v) is 9.02. The highest BCUT2D eigenvalue weighted by Gasteiger charge is 2.29. The van der Waals surface area contributed by atoms with Gasteiger partial charge in [-0.05, 0) is 42.8 Å². The molecule has 1 aliphatic heterocycles. The van der Waals surface area contributed by atoms with Crippen LogP contribution < -0.4 is 5.32 Å². The molecular weight excluding hydrogens is 360 g/mol. The summed E-state index contributed by atoms with van der Waals surface area (Å²) in [7, 11) is -3.55. The van der Waals surface area contributed by atoms with Gasteiger partial charge < -0.3 is 9.73 Å². The fourth-order valence-electron chi connectivity index (χ4n) is 2.75. The van der Waals surface area contributed by atoms with Gasteiger partial charge in [-0.3, -0.25) is 4.79 Å². The van der Waals surface area contributed by atoms with Crippen molar-refractivity contribution in [3.05, 3.63) is 48.4 Å². The first-order valence-corrected chi connectivity index (χ1v) is 10.5. The first-order valence-electron chi connectivity index (χ1n) is 7.99. The molecule has 1 aromatic heterocycles. The number of furan rings is 1. The molecule has 3 rings (SSSR count). The second-order valence-electron chi connectivity index (χ2n) is 5.77. The van der Waals surface area contributed by atoms with E-state index in [1.165, 1.54) is 23.4 Å². The van der Waals surface area contributed by atoms with Gasteiger partial charge in [0.1, 0.15) is 5.76 Å². The van der Waals surface area contributed by atoms with E-state index < -0.39 is 10.0 Å². The Labute approximate surface area is 151 Å². The second kappa shape index (κ2) is 7.63. The van der Waals surface area contributed by atoms with Crippen LogP contribution in [0.25, 0.3) is 0 Å². The lowest BCUT2D eigenvalue weighted by atomic mass is 10.2. The molecular formula is C17H20N2O4S2. The van der Waals surface area contributed by atoms with Crippen LogP contribution in [0.15, 0.2) is 52.0 Å². The van der Waals surface area contributed by atoms with E-state index >= 15 is 0 Å². The molecule has 0 radical (unpaired) electrons. The van der Waals surface area contributed by atoms with E-state index in [2.05, 4.69) is 5.32 Å². The number of amides is 1. The van der Waals surface area contributed by atoms with E-state index in [4.69, 9.17) is 4.42 Å². The summed E-state index contributed by atoms with van der Waals surface area (Å²) >= 11 is 1.72. The van der Waals surface area contributed by atoms with Crippen molar-refractivity contribution in [2.45, 2.75) is 23.5 Å². The largest absolute Gasteiger partial charge is 0.468 e. The van der Waals surface area contributed by atoms with Crippen molar-refractivity contribution in [2.75, 3.05) is 24.2 Å². The summed E-state index contributed by atoms with van der Waals surface area (Å²) in [5, 5.41) is 2.81. The summed E-state index contributed by atoms with van der Waals surface area (Å²) in [5.41, 5.74) is 0.579. The van der Waals surface area contributed by atoms with Crippen LogP contribution in [-0.2, 0) is 14.8 Å². The minimum Gasteiger partial charge on any atom is -0.468 e. The normalized spacial score (nSPS) is 19.3. The molecule has 2 aromatic rings. The number of carbonyl (C=O) groups is 1. The maximum absolute atomic E-state index is 12.9. The smallest absolute Gasteiger partial charge is 0.243 e. The Bertz CT molecular complexity index is 817. The molecule has 0 saturated carbocycles. The van der Waals surface area contributed by atoms with Crippen LogP contribution in [0.2, 0.25) is 0 Å². The van der Waals surface area contributed by atoms with Gasteiger partial charge in [-0.2, -0.15) is 4.31 Å². The van der Waals surface area contributed by atoms with E-state index in [0.29, 0.717) is 31.0 Å². The summed E-state index contributed by atoms with van der Waals surface area (Å²) in [4.78, 5) is 11.3. The zero-order valence-electron chi connectivity index (χ0n) is 13.8. The fourth-order valence-corrected chi connectivity index (χ4v) is 5.51. The molecule has 0 aliphatic carbocycles. The van der Waals surface area contributed by atoms with Gasteiger partial charge in [-0.15, -0.1) is 11.8 Å². The standard InChI is InChI=1S/C17H20N2O4S2/c1-13(20)18-14-4-6-15(7-5-14)25(21,22)19-9-8-17(24-12-10-19)16-3-2-11-23-16/h2-7,11,17H,8-10,12H2,1H3,(H,18,20). The van der Waals surface area contributed by atoms with Gasteiger partial charge in [-0.25, -0.2) is 8.42 Å². The Morgan fingerprint density at radius 3 is 2.64 bits per heavy atom. The fraction of sp³-hybridized carbons (Fsp3) is 0.353. The highest BCUT2D eigenvalue weighted by Crippen LogP contribution is 2.35. The lowest BCUT2D eigenvalue weighted by Crippen LogP contribution is -2.33. The van der Waals surface area contributed by atoms with Crippen LogP contribution >= 0.6 is 11.8 Å². The van der Waals surface area contributed by atoms with Gasteiger partial charge >= 0.3 is 0 Å². The van der Waals surface area contributed by atoms with Crippen LogP contribution in [0.5, 0.6) is 0 Å². The zero-order chi connectivity index (χ0) is 17.9. The third-order valence-electron chi connectivity index (χ3n) is 3.97. The van der Waals surface area contributed by atoms with Crippen molar-refractivity contribution >= 4 is 33.4 Å². The Morgan fingerprint density at radius 1 is 1.24 bits per heavy atom. The summed E-state index contributed by atoms with van der Waals surface area (Å²) in [6.07, 6.45) is 2.35. The number of thioether (sulfide) groups is 1. The van der Waals surface area contributed by atoms with Crippen LogP contribution in [0.1, 0.15) is 24.4 Å². The van der Waals surface area contributed by atoms with Crippen LogP contribution in [0, 0.1) is 0 Å². The average Bonchev–Trinajstić information content (AvgIpc) is 2.99. The predicted octanol–water partition coefficient (Wildman–Crippen LogP) is 3.11. The molecule has 25 heavy (non-hydrogen) atoms. The van der Waals surface area contributed by atoms with E-state index in [0.717, 1.165) is 5.76 Å². The molecule has 1 aromatic carbocycles. The first kappa shape index (κ1) is 18.0. The van der Waals surface area contributed by atoms with Crippen molar-refractivity contribution in [1.82, 2.24) is 4.31 Å². The molecule has 6 nitrogen and oxygen atoms in total. The van der Waals surface area contributed by atoms with Crippen molar-refractivity contribution in [1.29, 1.82) is 0 Å². The van der Waals surface area contributed by atoms with Gasteiger partial charge in [0, 0.05) is 31.5 Å². The number of carbonyl (C=O) groups excluding carboxylic acids is 1. The molecule has 1 saturated heterocycles. The van der Waals surface area contributed by atoms with Crippen molar-refractivity contribution < 1.29 is 17.6 Å². The third-order valence-corrected chi connectivity index (χ3v) is 7.17. The number of sulfonamides is 1. The van der Waals surface area contributed by atoms with E-state index in [-0.39, 0.29) is 16.1 Å². The number of hydrogen-bond acceptors (Lipinski definition) is 5. The maximum atomic E-state index is 12.9. The third kappa shape index (κ3) is 4.26. The molecule has 1 N–H and O–H groups in total. The topological polar surface area (TPSA) is 79.6 Å². The van der Waals surface area contributed by atoms with Crippen molar-refractivity contribution in [2.24, 2.45) is 0 Å². The van der Waals surface area contributed by atoms with Crippen LogP contribution in [0.3, 0.4) is 0 Å². The van der Waals surface area contributed by atoms with E-state index in [1.54, 1.807) is 30.2 Å². The van der Waals surface area contributed by atoms with Crippen molar-refractivity contribution in [3.8, 4) is 0 Å². The van der Waals surface area contributed by atoms with Gasteiger partial charge in [0.25, 0.3) is 0 Å². The Hall–Kier alpha value is -1.77. The molecule has 1 atom stereocenters. The number of anilines is 1. The highest BCUT2D eigenvalue weighted by atomic mass is 32.2. The van der Waals surface area contributed by atoms with Gasteiger partial charge in [0.2, 0.25) is 15.9 Å². The molecule has 8 heteroatoms. The molecule has 2 heterocycles. The summed E-state index contributed by atoms with van der Waals surface area (Å²) in [6, 6.07) is 10.1. The molecule has 1 fully saturated rings. The Balaban J connectivity index is 1.72. The quantitative estimate of drug-likeness (QED) is 0.882. The van der Waals surface area contributed by atoms with Crippen LogP contribution in [-0.4, -0.2) is 37.5 Å². The minimum atomic E-state index is -3.55. The monoisotopic (exact) mass is 380 g/mol. The summed E-state index contributed by atoms with van der Waals surface area (Å²) < 4.78 is 32.7. The number of nitrogens with one attached hydrogen (secondary N) is 1. The lowest BCUT2D eigenvalue weighted by Gasteiger charge is -2.20. The molecule has 1 amide bonds. The Morgan fingerprint density at radius 2 is 2.00 bits per heavy atom. The van der Waals surface area contributed by atoms with Gasteiger partial charge in [0.05, 0.1) is 16.4 Å². The molecule has 1 unspecified atom stereocenters. The van der Waals surface area contributed by atoms with E-state index in [1.807, 2.05) is 12.1 Å². The molecule has 0 spiro atoms. The first-order chi connectivity index (χ1) is 12.0. The average molecular weight is 380 g/mol. The number of benzene rings is 1.